The van der Waals surface area contributed by atoms with Gasteiger partial charge in [0.05, 0.1) is 0 Å². The molecular formula is C2H6ClN3OS. The Morgan fingerprint density at radius 3 is 2.50 bits per heavy atom. The van der Waals surface area contributed by atoms with Gasteiger partial charge >= 0.3 is 0 Å². The molecule has 0 aliphatic heterocycles. The number of H-pyrrole nitrogens is 1. The van der Waals surface area contributed by atoms with Crippen molar-refractivity contribution in [1.29, 1.82) is 0 Å². The summed E-state index contributed by atoms with van der Waals surface area (Å²) in [5.41, 5.74) is 6.87. The Morgan fingerprint density at radius 1 is 1.75 bits per heavy atom. The van der Waals surface area contributed by atoms with Crippen LogP contribution >= 0.6 is 11.3 Å². The largest absolute Gasteiger partial charge is 1.00 e. The van der Waals surface area contributed by atoms with Gasteiger partial charge in [0, 0.05) is 5.10 Å². The minimum Gasteiger partial charge on any atom is -1.00 e. The molecule has 0 aromatic carbocycles. The molecule has 1 aromatic heterocycles. The number of hydrogen-bond donors (Lipinski definition) is 1. The molecule has 4 nitrogen and oxygen atoms in total. The van der Waals surface area contributed by atoms with Crippen LogP contribution in [0.1, 0.15) is 0 Å². The molecule has 0 saturated carbocycles. The monoisotopic (exact) mass is 155 g/mol. The minimum atomic E-state index is 0. The number of rotatable bonds is 0. The van der Waals surface area contributed by atoms with Crippen LogP contribution in [0, 0.1) is 0 Å². The van der Waals surface area contributed by atoms with E-state index >= 15 is 0 Å². The van der Waals surface area contributed by atoms with Crippen molar-refractivity contribution in [2.45, 2.75) is 0 Å². The van der Waals surface area contributed by atoms with Gasteiger partial charge in [0.15, 0.2) is 0 Å². The van der Waals surface area contributed by atoms with Crippen molar-refractivity contribution in [3.63, 3.8) is 0 Å². The number of halogens is 1. The van der Waals surface area contributed by atoms with Crippen LogP contribution in [0.4, 0.5) is 5.13 Å². The zero-order chi connectivity index (χ0) is 4.41. The molecule has 0 bridgehead atoms. The summed E-state index contributed by atoms with van der Waals surface area (Å²) in [4.78, 5) is 0. The van der Waals surface area contributed by atoms with Crippen LogP contribution in [0.15, 0.2) is 5.51 Å². The van der Waals surface area contributed by atoms with E-state index in [0.29, 0.717) is 5.13 Å². The molecule has 5 N–H and O–H groups in total. The van der Waals surface area contributed by atoms with Gasteiger partial charge in [0.1, 0.15) is 0 Å². The lowest BCUT2D eigenvalue weighted by Gasteiger charge is -1.59. The Bertz CT molecular complexity index is 121. The van der Waals surface area contributed by atoms with E-state index < -0.39 is 0 Å². The van der Waals surface area contributed by atoms with Crippen molar-refractivity contribution < 1.29 is 23.0 Å². The van der Waals surface area contributed by atoms with E-state index in [1.165, 1.54) is 11.3 Å². The first-order chi connectivity index (χ1) is 2.89. The van der Waals surface area contributed by atoms with Crippen LogP contribution in [0.2, 0.25) is 0 Å². The number of nitrogen functional groups attached to an aromatic ring is 1. The van der Waals surface area contributed by atoms with Gasteiger partial charge in [-0.2, -0.15) is 0 Å². The summed E-state index contributed by atoms with van der Waals surface area (Å²) < 4.78 is 0. The number of nitrogens with zero attached hydrogens (tertiary/aromatic N) is 1. The van der Waals surface area contributed by atoms with Gasteiger partial charge < -0.3 is 23.6 Å². The second-order valence-electron chi connectivity index (χ2n) is 0.815. The first-order valence-electron chi connectivity index (χ1n) is 1.46. The van der Waals surface area contributed by atoms with Crippen molar-refractivity contribution in [3.05, 3.63) is 5.51 Å². The Kier molecular flexibility index (Phi) is 6.29. The number of aromatic nitrogens is 2. The molecular weight excluding hydrogens is 150 g/mol. The number of nitrogens with one attached hydrogen (secondary N) is 1. The first kappa shape index (κ1) is 10.6. The van der Waals surface area contributed by atoms with Gasteiger partial charge in [-0.25, -0.2) is 0 Å². The Morgan fingerprint density at radius 2 is 2.38 bits per heavy atom. The van der Waals surface area contributed by atoms with E-state index in [0.717, 1.165) is 0 Å². The van der Waals surface area contributed by atoms with E-state index in [1.807, 2.05) is 0 Å². The molecule has 1 rings (SSSR count). The molecule has 1 aromatic rings. The molecule has 6 heteroatoms. The molecule has 0 saturated heterocycles. The molecule has 0 fully saturated rings. The lowest BCUT2D eigenvalue weighted by molar-refractivity contribution is -0.445. The molecule has 0 amide bonds. The normalized spacial score (nSPS) is 6.50. The Hall–Kier alpha value is -0.390. The maximum Gasteiger partial charge on any atom is 0.252 e. The summed E-state index contributed by atoms with van der Waals surface area (Å²) in [5, 5.41) is 6.74. The second-order valence-corrected chi connectivity index (χ2v) is 1.70. The number of anilines is 1. The van der Waals surface area contributed by atoms with Crippen molar-refractivity contribution in [3.8, 4) is 0 Å². The average Bonchev–Trinajstić information content (AvgIpc) is 1.86. The fourth-order valence-electron chi connectivity index (χ4n) is 0.203. The highest BCUT2D eigenvalue weighted by Gasteiger charge is 1.86. The topological polar surface area (TPSA) is 84.5 Å². The predicted octanol–water partition coefficient (Wildman–Crippen LogP) is -4.28. The first-order valence-corrected chi connectivity index (χ1v) is 2.34. The summed E-state index contributed by atoms with van der Waals surface area (Å²) >= 11 is 1.39. The van der Waals surface area contributed by atoms with Gasteiger partial charge in [-0.3, -0.25) is 0 Å². The van der Waals surface area contributed by atoms with Gasteiger partial charge in [-0.15, -0.1) is 0 Å². The summed E-state index contributed by atoms with van der Waals surface area (Å²) in [5.74, 6) is 0. The molecule has 0 aliphatic rings. The molecule has 8 heavy (non-hydrogen) atoms. The quantitative estimate of drug-likeness (QED) is 0.411. The summed E-state index contributed by atoms with van der Waals surface area (Å²) in [6.45, 7) is 0. The van der Waals surface area contributed by atoms with Crippen LogP contribution in [-0.4, -0.2) is 10.6 Å². The van der Waals surface area contributed by atoms with Crippen LogP contribution in [0.5, 0.6) is 0 Å². The van der Waals surface area contributed by atoms with Crippen LogP contribution in [-0.2, 0) is 0 Å². The van der Waals surface area contributed by atoms with Crippen molar-refractivity contribution in [2.75, 3.05) is 5.73 Å². The summed E-state index contributed by atoms with van der Waals surface area (Å²) in [7, 11) is 0. The van der Waals surface area contributed by atoms with E-state index in [-0.39, 0.29) is 17.9 Å². The van der Waals surface area contributed by atoms with Crippen LogP contribution < -0.4 is 23.2 Å². The second kappa shape index (κ2) is 4.76. The molecule has 0 spiro atoms. The molecule has 0 unspecified atom stereocenters. The smallest absolute Gasteiger partial charge is 0.252 e. The third-order valence-corrected chi connectivity index (χ3v) is 0.963. The molecule has 0 radical (unpaired) electrons. The Balaban J connectivity index is 0. The van der Waals surface area contributed by atoms with Crippen molar-refractivity contribution in [2.24, 2.45) is 0 Å². The predicted molar refractivity (Wildman–Crippen MR) is 26.7 cm³/mol. The van der Waals surface area contributed by atoms with Crippen molar-refractivity contribution >= 4 is 16.5 Å². The number of nitrogens with two attached hydrogens (primary N) is 1. The van der Waals surface area contributed by atoms with E-state index in [9.17, 15) is 0 Å². The van der Waals surface area contributed by atoms with Gasteiger partial charge in [0.2, 0.25) is 0 Å². The number of aromatic amines is 1. The third-order valence-electron chi connectivity index (χ3n) is 0.407. The lowest BCUT2D eigenvalue weighted by Crippen LogP contribution is -3.00. The van der Waals surface area contributed by atoms with Gasteiger partial charge in [0.25, 0.3) is 10.6 Å². The fourth-order valence-corrected chi connectivity index (χ4v) is 0.535. The third kappa shape index (κ3) is 2.73. The van der Waals surface area contributed by atoms with E-state index in [1.54, 1.807) is 5.51 Å². The molecule has 0 aliphatic carbocycles. The fraction of sp³-hybridized carbons (Fsp3) is 0. The van der Waals surface area contributed by atoms with Crippen LogP contribution in [0.25, 0.3) is 0 Å². The molecule has 0 atom stereocenters. The SMILES string of the molecule is Nc1n[nH+]cs1.O.[Cl-]. The standard InChI is InChI=1S/C2H3N3S.ClH.H2O/c3-2-5-4-1-6-2;;/h1H,(H2,3,5);1H;1H2. The highest BCUT2D eigenvalue weighted by Crippen LogP contribution is 1.95. The highest BCUT2D eigenvalue weighted by atomic mass is 35.5. The zero-order valence-electron chi connectivity index (χ0n) is 3.89. The van der Waals surface area contributed by atoms with Crippen LogP contribution in [0.3, 0.4) is 0 Å². The number of hydrogen-bond acceptors (Lipinski definition) is 3. The highest BCUT2D eigenvalue weighted by molar-refractivity contribution is 7.12. The maximum absolute atomic E-state index is 5.15. The molecule has 1 heterocycles. The lowest BCUT2D eigenvalue weighted by atomic mass is 11.3. The summed E-state index contributed by atoms with van der Waals surface area (Å²) in [6, 6.07) is 0. The van der Waals surface area contributed by atoms with Crippen molar-refractivity contribution in [1.82, 2.24) is 5.10 Å². The van der Waals surface area contributed by atoms with E-state index in [2.05, 4.69) is 10.2 Å². The minimum absolute atomic E-state index is 0. The average molecular weight is 156 g/mol. The zero-order valence-corrected chi connectivity index (χ0v) is 5.46. The molecule has 48 valence electrons. The Labute approximate surface area is 56.5 Å². The maximum atomic E-state index is 5.15. The van der Waals surface area contributed by atoms with Gasteiger partial charge in [-0.1, -0.05) is 5.10 Å². The van der Waals surface area contributed by atoms with Gasteiger partial charge in [-0.05, 0) is 11.3 Å². The van der Waals surface area contributed by atoms with E-state index in [4.69, 9.17) is 5.73 Å². The summed E-state index contributed by atoms with van der Waals surface area (Å²) in [6.07, 6.45) is 0.